The Kier molecular flexibility index (Phi) is 5.83. The van der Waals surface area contributed by atoms with Gasteiger partial charge in [0, 0.05) is 37.7 Å². The highest BCUT2D eigenvalue weighted by Crippen LogP contribution is 2.41. The molecule has 2 aromatic heterocycles. The fourth-order valence-corrected chi connectivity index (χ4v) is 4.55. The molecule has 33 heavy (non-hydrogen) atoms. The lowest BCUT2D eigenvalue weighted by atomic mass is 9.81. The van der Waals surface area contributed by atoms with Crippen LogP contribution in [0.15, 0.2) is 12.3 Å². The van der Waals surface area contributed by atoms with Crippen molar-refractivity contribution >= 4 is 23.3 Å². The van der Waals surface area contributed by atoms with Crippen LogP contribution in [0.5, 0.6) is 0 Å². The van der Waals surface area contributed by atoms with Crippen molar-refractivity contribution in [3.05, 3.63) is 23.7 Å². The molecule has 1 saturated carbocycles. The lowest BCUT2D eigenvalue weighted by Gasteiger charge is -2.32. The predicted octanol–water partition coefficient (Wildman–Crippen LogP) is 2.76. The van der Waals surface area contributed by atoms with Gasteiger partial charge in [0.25, 0.3) is 5.92 Å². The molecule has 2 atom stereocenters. The minimum atomic E-state index is -3.02. The molecule has 180 valence electrons. The topological polar surface area (TPSA) is 135 Å². The van der Waals surface area contributed by atoms with Crippen LogP contribution < -0.4 is 16.4 Å². The van der Waals surface area contributed by atoms with Crippen LogP contribution in [0.4, 0.5) is 28.0 Å². The first kappa shape index (κ1) is 23.1. The Morgan fingerprint density at radius 3 is 2.67 bits per heavy atom. The summed E-state index contributed by atoms with van der Waals surface area (Å²) in [6, 6.07) is 0.630. The number of nitrogens with two attached hydrogens (primary N) is 1. The van der Waals surface area contributed by atoms with E-state index in [0.29, 0.717) is 5.69 Å². The molecule has 1 saturated heterocycles. The van der Waals surface area contributed by atoms with Crippen LogP contribution in [0.25, 0.3) is 5.65 Å². The van der Waals surface area contributed by atoms with Crippen molar-refractivity contribution < 1.29 is 32.3 Å². The molecule has 5 N–H and O–H groups in total. The number of alkyl halides is 4. The summed E-state index contributed by atoms with van der Waals surface area (Å²) in [5, 5.41) is 18.1. The fraction of sp³-hybridized carbons (Fsp3) is 0.600. The normalized spacial score (nSPS) is 23.8. The maximum Gasteiger partial charge on any atom is 0.405 e. The van der Waals surface area contributed by atoms with Crippen LogP contribution >= 0.6 is 0 Å². The molecular formula is C20H24F4N6O3. The molecule has 4 rings (SSSR count). The monoisotopic (exact) mass is 472 g/mol. The number of nitrogens with zero attached hydrogens (tertiary/aromatic N) is 3. The van der Waals surface area contributed by atoms with E-state index >= 15 is 0 Å². The first-order chi connectivity index (χ1) is 15.4. The van der Waals surface area contributed by atoms with E-state index < -0.39 is 48.8 Å². The number of hydrogen-bond acceptors (Lipinski definition) is 5. The molecule has 2 fully saturated rings. The number of fused-ring (bicyclic) bond motifs is 1. The molecule has 1 aliphatic carbocycles. The molecule has 2 unspecified atom stereocenters. The standard InChI is InChI=1S/C20H24F4N6O3/c21-19(22)3-1-10(2-4-19)16(28-18(32)33)14-8-30-15(27-14)6-12(25)13(29-30)5-11-7-20(23,24)9-26-17(11)31/h6,8,10-11,16,28H,1-5,7,9,25H2,(H,26,31)(H,32,33). The van der Waals surface area contributed by atoms with Gasteiger partial charge < -0.3 is 21.5 Å². The van der Waals surface area contributed by atoms with E-state index in [-0.39, 0.29) is 55.1 Å². The van der Waals surface area contributed by atoms with Gasteiger partial charge in [-0.3, -0.25) is 4.79 Å². The zero-order valence-electron chi connectivity index (χ0n) is 17.5. The van der Waals surface area contributed by atoms with Crippen molar-refractivity contribution in [2.45, 2.75) is 56.4 Å². The van der Waals surface area contributed by atoms with Crippen molar-refractivity contribution in [1.29, 1.82) is 0 Å². The van der Waals surface area contributed by atoms with E-state index in [2.05, 4.69) is 20.7 Å². The molecule has 1 aliphatic heterocycles. The number of imidazole rings is 1. The highest BCUT2D eigenvalue weighted by molar-refractivity contribution is 5.80. The molecule has 9 nitrogen and oxygen atoms in total. The third kappa shape index (κ3) is 5.11. The zero-order valence-corrected chi connectivity index (χ0v) is 17.5. The van der Waals surface area contributed by atoms with Gasteiger partial charge in [0.2, 0.25) is 11.8 Å². The van der Waals surface area contributed by atoms with Crippen LogP contribution in [-0.2, 0) is 11.2 Å². The Morgan fingerprint density at radius 1 is 1.30 bits per heavy atom. The van der Waals surface area contributed by atoms with E-state index in [9.17, 15) is 32.3 Å². The highest BCUT2D eigenvalue weighted by atomic mass is 19.3. The number of carbonyl (C=O) groups excluding carboxylic acids is 1. The number of carbonyl (C=O) groups is 2. The molecule has 2 aliphatic rings. The summed E-state index contributed by atoms with van der Waals surface area (Å²) in [6.45, 7) is -0.708. The summed E-state index contributed by atoms with van der Waals surface area (Å²) in [5.41, 5.74) is 6.98. The van der Waals surface area contributed by atoms with Crippen molar-refractivity contribution in [2.24, 2.45) is 11.8 Å². The third-order valence-corrected chi connectivity index (χ3v) is 6.29. The number of nitrogens with one attached hydrogen (secondary N) is 2. The van der Waals surface area contributed by atoms with Gasteiger partial charge >= 0.3 is 6.09 Å². The van der Waals surface area contributed by atoms with E-state index in [1.165, 1.54) is 16.8 Å². The predicted molar refractivity (Wildman–Crippen MR) is 108 cm³/mol. The maximum absolute atomic E-state index is 13.7. The third-order valence-electron chi connectivity index (χ3n) is 6.29. The number of aromatic nitrogens is 3. The Hall–Kier alpha value is -3.12. The van der Waals surface area contributed by atoms with Gasteiger partial charge in [0.05, 0.1) is 35.9 Å². The molecule has 2 amide bonds. The minimum Gasteiger partial charge on any atom is -0.465 e. The molecule has 3 heterocycles. The summed E-state index contributed by atoms with van der Waals surface area (Å²) in [7, 11) is 0. The Balaban J connectivity index is 1.60. The molecule has 0 spiro atoms. The SMILES string of the molecule is Nc1cc2nc(C(NC(=O)O)C3CCC(F)(F)CC3)cn2nc1CC1CC(F)(F)CNC1=O. The molecule has 0 bridgehead atoms. The minimum absolute atomic E-state index is 0.106. The molecular weight excluding hydrogens is 448 g/mol. The van der Waals surface area contributed by atoms with Gasteiger partial charge in [-0.15, -0.1) is 0 Å². The van der Waals surface area contributed by atoms with Crippen molar-refractivity contribution in [2.75, 3.05) is 12.3 Å². The lowest BCUT2D eigenvalue weighted by molar-refractivity contribution is -0.136. The first-order valence-electron chi connectivity index (χ1n) is 10.6. The van der Waals surface area contributed by atoms with Crippen molar-refractivity contribution in [3.63, 3.8) is 0 Å². The van der Waals surface area contributed by atoms with E-state index in [1.54, 1.807) is 0 Å². The molecule has 0 aromatic carbocycles. The number of nitrogen functional groups attached to an aromatic ring is 1. The average Bonchev–Trinajstić information content (AvgIpc) is 3.11. The van der Waals surface area contributed by atoms with Crippen molar-refractivity contribution in [3.8, 4) is 0 Å². The number of piperidine rings is 1. The Labute approximate surface area is 185 Å². The van der Waals surface area contributed by atoms with Gasteiger partial charge in [-0.25, -0.2) is 31.9 Å². The van der Waals surface area contributed by atoms with Crippen molar-refractivity contribution in [1.82, 2.24) is 25.2 Å². The van der Waals surface area contributed by atoms with Crippen LogP contribution in [0.2, 0.25) is 0 Å². The number of carboxylic acid groups (broad SMARTS) is 1. The maximum atomic E-state index is 13.7. The number of hydrogen-bond donors (Lipinski definition) is 4. The number of anilines is 1. The summed E-state index contributed by atoms with van der Waals surface area (Å²) in [6.07, 6.45) is -1.02. The van der Waals surface area contributed by atoms with Gasteiger partial charge in [0.1, 0.15) is 0 Å². The van der Waals surface area contributed by atoms with Crippen LogP contribution in [-0.4, -0.2) is 50.1 Å². The number of rotatable bonds is 5. The van der Waals surface area contributed by atoms with Gasteiger partial charge in [-0.05, 0) is 18.8 Å². The van der Waals surface area contributed by atoms with Crippen LogP contribution in [0, 0.1) is 11.8 Å². The fourth-order valence-electron chi connectivity index (χ4n) is 4.55. The number of halogens is 4. The van der Waals surface area contributed by atoms with E-state index in [4.69, 9.17) is 5.73 Å². The second-order valence-electron chi connectivity index (χ2n) is 8.81. The summed E-state index contributed by atoms with van der Waals surface area (Å²) < 4.78 is 55.9. The van der Waals surface area contributed by atoms with Crippen LogP contribution in [0.1, 0.15) is 49.5 Å². The Bertz CT molecular complexity index is 1070. The molecule has 0 radical (unpaired) electrons. The largest absolute Gasteiger partial charge is 0.465 e. The quantitative estimate of drug-likeness (QED) is 0.495. The zero-order chi connectivity index (χ0) is 24.0. The van der Waals surface area contributed by atoms with E-state index in [0.717, 1.165) is 0 Å². The summed E-state index contributed by atoms with van der Waals surface area (Å²) >= 11 is 0. The van der Waals surface area contributed by atoms with E-state index in [1.807, 2.05) is 0 Å². The van der Waals surface area contributed by atoms with Gasteiger partial charge in [-0.1, -0.05) is 0 Å². The highest BCUT2D eigenvalue weighted by Gasteiger charge is 2.41. The lowest BCUT2D eigenvalue weighted by Crippen LogP contribution is -2.48. The second-order valence-corrected chi connectivity index (χ2v) is 8.81. The smallest absolute Gasteiger partial charge is 0.405 e. The second kappa shape index (κ2) is 8.34. The van der Waals surface area contributed by atoms with Gasteiger partial charge in [0.15, 0.2) is 5.65 Å². The van der Waals surface area contributed by atoms with Crippen LogP contribution in [0.3, 0.4) is 0 Å². The molecule has 2 aromatic rings. The van der Waals surface area contributed by atoms with Gasteiger partial charge in [-0.2, -0.15) is 5.10 Å². The summed E-state index contributed by atoms with van der Waals surface area (Å²) in [4.78, 5) is 27.8. The Morgan fingerprint density at radius 2 is 2.00 bits per heavy atom. The summed E-state index contributed by atoms with van der Waals surface area (Å²) in [5.74, 6) is -7.68. The number of amides is 2. The average molecular weight is 472 g/mol. The molecule has 13 heteroatoms. The first-order valence-corrected chi connectivity index (χ1v) is 10.6.